The Morgan fingerprint density at radius 1 is 1.50 bits per heavy atom. The lowest BCUT2D eigenvalue weighted by Gasteiger charge is -1.97. The molecule has 0 aliphatic heterocycles. The number of ether oxygens (including phenoxy) is 1. The monoisotopic (exact) mass is 183 g/mol. The number of hydrogen-bond acceptors (Lipinski definition) is 3. The Hall–Kier alpha value is -1.16. The standard InChI is InChI=1S/C8H6FNOS/c1-11-5-3-2-4-6-7(5)10-8(9)12-6/h2-4H,1H3. The summed E-state index contributed by atoms with van der Waals surface area (Å²) >= 11 is 1.02. The van der Waals surface area contributed by atoms with Gasteiger partial charge >= 0.3 is 0 Å². The Morgan fingerprint density at radius 2 is 2.33 bits per heavy atom. The van der Waals surface area contributed by atoms with Crippen molar-refractivity contribution < 1.29 is 9.13 Å². The maximum absolute atomic E-state index is 12.7. The molecule has 62 valence electrons. The molecule has 1 heterocycles. The van der Waals surface area contributed by atoms with Crippen molar-refractivity contribution in [2.45, 2.75) is 0 Å². The van der Waals surface area contributed by atoms with Gasteiger partial charge in [0.05, 0.1) is 11.8 Å². The minimum atomic E-state index is -0.422. The third-order valence-corrected chi connectivity index (χ3v) is 2.38. The van der Waals surface area contributed by atoms with Gasteiger partial charge in [-0.05, 0) is 12.1 Å². The Kier molecular flexibility index (Phi) is 1.69. The molecule has 2 nitrogen and oxygen atoms in total. The van der Waals surface area contributed by atoms with Gasteiger partial charge in [0, 0.05) is 0 Å². The predicted molar refractivity (Wildman–Crippen MR) is 46.1 cm³/mol. The molecule has 4 heteroatoms. The van der Waals surface area contributed by atoms with E-state index in [2.05, 4.69) is 4.98 Å². The molecule has 0 amide bonds. The second-order valence-corrected chi connectivity index (χ2v) is 3.25. The normalized spacial score (nSPS) is 10.5. The van der Waals surface area contributed by atoms with Gasteiger partial charge in [0.1, 0.15) is 11.3 Å². The van der Waals surface area contributed by atoms with Crippen molar-refractivity contribution in [2.24, 2.45) is 0 Å². The van der Waals surface area contributed by atoms with Gasteiger partial charge in [0.25, 0.3) is 5.26 Å². The smallest absolute Gasteiger partial charge is 0.270 e. The van der Waals surface area contributed by atoms with Gasteiger partial charge < -0.3 is 4.74 Å². The van der Waals surface area contributed by atoms with E-state index < -0.39 is 5.26 Å². The van der Waals surface area contributed by atoms with Crippen LogP contribution in [0.15, 0.2) is 18.2 Å². The number of hydrogen-bond donors (Lipinski definition) is 0. The second-order valence-electron chi connectivity index (χ2n) is 2.27. The molecule has 0 aliphatic carbocycles. The fraction of sp³-hybridized carbons (Fsp3) is 0.125. The first-order chi connectivity index (χ1) is 5.81. The summed E-state index contributed by atoms with van der Waals surface area (Å²) in [6.07, 6.45) is 0. The van der Waals surface area contributed by atoms with Crippen molar-refractivity contribution in [3.8, 4) is 5.75 Å². The van der Waals surface area contributed by atoms with Gasteiger partial charge in [0.15, 0.2) is 0 Å². The van der Waals surface area contributed by atoms with Crippen molar-refractivity contribution in [3.05, 3.63) is 23.5 Å². The Balaban J connectivity index is 2.78. The first-order valence-corrected chi connectivity index (χ1v) is 4.22. The van der Waals surface area contributed by atoms with E-state index in [9.17, 15) is 4.39 Å². The average Bonchev–Trinajstić information content (AvgIpc) is 2.44. The van der Waals surface area contributed by atoms with Crippen molar-refractivity contribution in [2.75, 3.05) is 7.11 Å². The highest BCUT2D eigenvalue weighted by Crippen LogP contribution is 2.28. The number of para-hydroxylation sites is 1. The summed E-state index contributed by atoms with van der Waals surface area (Å²) in [5.41, 5.74) is 0.600. The lowest BCUT2D eigenvalue weighted by molar-refractivity contribution is 0.418. The fourth-order valence-corrected chi connectivity index (χ4v) is 1.77. The maximum atomic E-state index is 12.7. The molecule has 0 fully saturated rings. The topological polar surface area (TPSA) is 22.1 Å². The number of benzene rings is 1. The zero-order valence-corrected chi connectivity index (χ0v) is 7.19. The third-order valence-electron chi connectivity index (χ3n) is 1.58. The number of nitrogens with zero attached hydrogens (tertiary/aromatic N) is 1. The van der Waals surface area contributed by atoms with E-state index in [1.807, 2.05) is 12.1 Å². The highest BCUT2D eigenvalue weighted by atomic mass is 32.1. The zero-order chi connectivity index (χ0) is 8.55. The van der Waals surface area contributed by atoms with Crippen molar-refractivity contribution in [1.29, 1.82) is 0 Å². The average molecular weight is 183 g/mol. The number of methoxy groups -OCH3 is 1. The highest BCUT2D eigenvalue weighted by Gasteiger charge is 2.06. The van der Waals surface area contributed by atoms with Gasteiger partial charge in [0.2, 0.25) is 0 Å². The Labute approximate surface area is 72.6 Å². The molecule has 2 aromatic rings. The molecule has 1 aromatic heterocycles. The summed E-state index contributed by atoms with van der Waals surface area (Å²) < 4.78 is 18.5. The molecule has 0 aliphatic rings. The number of fused-ring (bicyclic) bond motifs is 1. The van der Waals surface area contributed by atoms with Crippen LogP contribution in [0.3, 0.4) is 0 Å². The van der Waals surface area contributed by atoms with Crippen LogP contribution in [-0.4, -0.2) is 12.1 Å². The van der Waals surface area contributed by atoms with Gasteiger partial charge in [-0.15, -0.1) is 0 Å². The van der Waals surface area contributed by atoms with Gasteiger partial charge in [-0.3, -0.25) is 0 Å². The molecule has 0 radical (unpaired) electrons. The van der Waals surface area contributed by atoms with E-state index in [0.29, 0.717) is 11.3 Å². The lowest BCUT2D eigenvalue weighted by Crippen LogP contribution is -1.83. The summed E-state index contributed by atoms with van der Waals surface area (Å²) in [5, 5.41) is -0.422. The molecular formula is C8H6FNOS. The summed E-state index contributed by atoms with van der Waals surface area (Å²) in [6, 6.07) is 5.40. The molecule has 0 saturated carbocycles. The van der Waals surface area contributed by atoms with Crippen LogP contribution in [-0.2, 0) is 0 Å². The van der Waals surface area contributed by atoms with Crippen LogP contribution in [0.5, 0.6) is 5.75 Å². The predicted octanol–water partition coefficient (Wildman–Crippen LogP) is 2.44. The lowest BCUT2D eigenvalue weighted by atomic mass is 10.3. The minimum Gasteiger partial charge on any atom is -0.494 e. The Morgan fingerprint density at radius 3 is 3.08 bits per heavy atom. The molecular weight excluding hydrogens is 177 g/mol. The fourth-order valence-electron chi connectivity index (χ4n) is 1.06. The van der Waals surface area contributed by atoms with Crippen molar-refractivity contribution >= 4 is 21.6 Å². The molecule has 1 aromatic carbocycles. The van der Waals surface area contributed by atoms with E-state index in [0.717, 1.165) is 16.0 Å². The van der Waals surface area contributed by atoms with E-state index in [1.54, 1.807) is 13.2 Å². The summed E-state index contributed by atoms with van der Waals surface area (Å²) in [5.74, 6) is 0.618. The zero-order valence-electron chi connectivity index (χ0n) is 6.37. The van der Waals surface area contributed by atoms with Crippen LogP contribution in [0.1, 0.15) is 0 Å². The molecule has 0 atom stereocenters. The number of rotatable bonds is 1. The van der Waals surface area contributed by atoms with Crippen molar-refractivity contribution in [3.63, 3.8) is 0 Å². The molecule has 12 heavy (non-hydrogen) atoms. The first kappa shape index (κ1) is 7.49. The largest absolute Gasteiger partial charge is 0.494 e. The van der Waals surface area contributed by atoms with E-state index in [1.165, 1.54) is 0 Å². The van der Waals surface area contributed by atoms with E-state index >= 15 is 0 Å². The first-order valence-electron chi connectivity index (χ1n) is 3.40. The number of thiazole rings is 1. The van der Waals surface area contributed by atoms with Crippen LogP contribution in [0.25, 0.3) is 10.2 Å². The van der Waals surface area contributed by atoms with Crippen LogP contribution in [0, 0.1) is 5.26 Å². The molecule has 2 rings (SSSR count). The quantitative estimate of drug-likeness (QED) is 0.677. The van der Waals surface area contributed by atoms with Crippen LogP contribution < -0.4 is 4.74 Å². The van der Waals surface area contributed by atoms with Crippen LogP contribution in [0.4, 0.5) is 4.39 Å². The third kappa shape index (κ3) is 1.04. The van der Waals surface area contributed by atoms with E-state index in [-0.39, 0.29) is 0 Å². The Bertz CT molecular complexity index is 412. The number of aromatic nitrogens is 1. The second kappa shape index (κ2) is 2.71. The highest BCUT2D eigenvalue weighted by molar-refractivity contribution is 7.17. The van der Waals surface area contributed by atoms with Gasteiger partial charge in [-0.25, -0.2) is 4.98 Å². The molecule has 0 saturated heterocycles. The number of halogens is 1. The molecule has 0 spiro atoms. The van der Waals surface area contributed by atoms with E-state index in [4.69, 9.17) is 4.74 Å². The van der Waals surface area contributed by atoms with Crippen LogP contribution in [0.2, 0.25) is 0 Å². The van der Waals surface area contributed by atoms with Gasteiger partial charge in [-0.1, -0.05) is 17.4 Å². The van der Waals surface area contributed by atoms with Gasteiger partial charge in [-0.2, -0.15) is 4.39 Å². The SMILES string of the molecule is COc1cccc2sc(F)nc12. The molecule has 0 N–H and O–H groups in total. The molecule has 0 unspecified atom stereocenters. The van der Waals surface area contributed by atoms with Crippen LogP contribution >= 0.6 is 11.3 Å². The minimum absolute atomic E-state index is 0.422. The summed E-state index contributed by atoms with van der Waals surface area (Å²) in [6.45, 7) is 0. The summed E-state index contributed by atoms with van der Waals surface area (Å²) in [7, 11) is 1.55. The molecule has 0 bridgehead atoms. The maximum Gasteiger partial charge on any atom is 0.270 e. The van der Waals surface area contributed by atoms with Crippen molar-refractivity contribution in [1.82, 2.24) is 4.98 Å². The summed E-state index contributed by atoms with van der Waals surface area (Å²) in [4.78, 5) is 3.71.